The molecule has 2 rings (SSSR count). The van der Waals surface area contributed by atoms with E-state index < -0.39 is 15.9 Å². The van der Waals surface area contributed by atoms with E-state index >= 15 is 0 Å². The van der Waals surface area contributed by atoms with Crippen LogP contribution in [0.25, 0.3) is 0 Å². The van der Waals surface area contributed by atoms with Gasteiger partial charge in [0.2, 0.25) is 10.0 Å². The van der Waals surface area contributed by atoms with Gasteiger partial charge in [-0.3, -0.25) is 4.79 Å². The average Bonchev–Trinajstić information content (AvgIpc) is 2.45. The van der Waals surface area contributed by atoms with Gasteiger partial charge in [0.05, 0.1) is 28.5 Å². The molecule has 1 N–H and O–H groups in total. The topological polar surface area (TPSA) is 75.7 Å². The zero-order valence-corrected chi connectivity index (χ0v) is 16.6. The summed E-state index contributed by atoms with van der Waals surface area (Å²) in [5.41, 5.74) is 0.311. The number of morpholine rings is 1. The van der Waals surface area contributed by atoms with E-state index in [4.69, 9.17) is 16.3 Å². The highest BCUT2D eigenvalue weighted by Gasteiger charge is 2.30. The highest BCUT2D eigenvalue weighted by molar-refractivity contribution is 9.10. The minimum absolute atomic E-state index is 0.0215. The summed E-state index contributed by atoms with van der Waals surface area (Å²) in [6, 6.07) is 4.90. The number of rotatable bonds is 5. The zero-order valence-electron chi connectivity index (χ0n) is 13.5. The van der Waals surface area contributed by atoms with E-state index in [0.29, 0.717) is 23.7 Å². The van der Waals surface area contributed by atoms with Crippen LogP contribution in [0.5, 0.6) is 0 Å². The Morgan fingerprint density at radius 1 is 1.38 bits per heavy atom. The number of nitrogens with one attached hydrogen (secondary N) is 1. The van der Waals surface area contributed by atoms with Crippen LogP contribution in [0.2, 0.25) is 5.02 Å². The molecule has 2 atom stereocenters. The lowest BCUT2D eigenvalue weighted by Crippen LogP contribution is -2.49. The van der Waals surface area contributed by atoms with E-state index in [2.05, 4.69) is 21.2 Å². The predicted molar refractivity (Wildman–Crippen MR) is 96.9 cm³/mol. The molecule has 0 aliphatic carbocycles. The van der Waals surface area contributed by atoms with Gasteiger partial charge >= 0.3 is 0 Å². The van der Waals surface area contributed by atoms with Crippen LogP contribution in [0, 0.1) is 0 Å². The Labute approximate surface area is 155 Å². The number of carbonyl (C=O) groups excluding carboxylic acids is 1. The van der Waals surface area contributed by atoms with Crippen LogP contribution in [-0.2, 0) is 14.8 Å². The molecule has 9 heteroatoms. The lowest BCUT2D eigenvalue weighted by molar-refractivity contribution is -0.0440. The van der Waals surface area contributed by atoms with Crippen molar-refractivity contribution in [1.82, 2.24) is 9.62 Å². The number of hydrogen-bond acceptors (Lipinski definition) is 4. The predicted octanol–water partition coefficient (Wildman–Crippen LogP) is 2.27. The molecule has 2 unspecified atom stereocenters. The average molecular weight is 440 g/mol. The molecule has 0 aromatic heterocycles. The quantitative estimate of drug-likeness (QED) is 0.764. The van der Waals surface area contributed by atoms with Crippen molar-refractivity contribution in [3.05, 3.63) is 33.3 Å². The summed E-state index contributed by atoms with van der Waals surface area (Å²) in [6.07, 6.45) is -0.278. The smallest absolute Gasteiger partial charge is 0.252 e. The maximum atomic E-state index is 12.4. The van der Waals surface area contributed by atoms with E-state index in [0.717, 1.165) is 4.47 Å². The van der Waals surface area contributed by atoms with Gasteiger partial charge in [0.25, 0.3) is 5.91 Å². The van der Waals surface area contributed by atoms with Gasteiger partial charge < -0.3 is 10.1 Å². The summed E-state index contributed by atoms with van der Waals surface area (Å²) in [5.74, 6) is -0.557. The van der Waals surface area contributed by atoms with E-state index in [-0.39, 0.29) is 24.5 Å². The molecule has 1 aliphatic heterocycles. The number of hydrogen-bond donors (Lipinski definition) is 1. The van der Waals surface area contributed by atoms with E-state index in [1.807, 2.05) is 13.8 Å². The van der Waals surface area contributed by atoms with Gasteiger partial charge in [-0.2, -0.15) is 4.31 Å². The second-order valence-corrected chi connectivity index (χ2v) is 9.18. The molecule has 1 amide bonds. The molecule has 1 fully saturated rings. The Bertz CT molecular complexity index is 703. The van der Waals surface area contributed by atoms with Crippen molar-refractivity contribution in [2.45, 2.75) is 26.1 Å². The van der Waals surface area contributed by atoms with Gasteiger partial charge in [-0.15, -0.1) is 0 Å². The Morgan fingerprint density at radius 3 is 2.58 bits per heavy atom. The molecule has 1 heterocycles. The fourth-order valence-corrected chi connectivity index (χ4v) is 4.80. The number of halogens is 2. The number of amides is 1. The first-order chi connectivity index (χ1) is 11.2. The lowest BCUT2D eigenvalue weighted by atomic mass is 10.2. The van der Waals surface area contributed by atoms with Gasteiger partial charge in [0.15, 0.2) is 0 Å². The molecule has 0 bridgehead atoms. The van der Waals surface area contributed by atoms with Crippen molar-refractivity contribution in [1.29, 1.82) is 0 Å². The van der Waals surface area contributed by atoms with E-state index in [1.54, 1.807) is 18.2 Å². The van der Waals surface area contributed by atoms with Crippen LogP contribution < -0.4 is 5.32 Å². The third kappa shape index (κ3) is 5.16. The zero-order chi connectivity index (χ0) is 17.9. The fourth-order valence-electron chi connectivity index (χ4n) is 2.55. The van der Waals surface area contributed by atoms with Crippen molar-refractivity contribution in [2.75, 3.05) is 25.4 Å². The summed E-state index contributed by atoms with van der Waals surface area (Å²) in [4.78, 5) is 12.1. The molecule has 1 aromatic rings. The third-order valence-electron chi connectivity index (χ3n) is 3.60. The van der Waals surface area contributed by atoms with Crippen LogP contribution >= 0.6 is 27.5 Å². The minimum atomic E-state index is -3.45. The first-order valence-electron chi connectivity index (χ1n) is 7.55. The number of benzene rings is 1. The molecule has 0 saturated carbocycles. The second-order valence-electron chi connectivity index (χ2n) is 5.77. The van der Waals surface area contributed by atoms with Crippen LogP contribution in [0.4, 0.5) is 0 Å². The summed E-state index contributed by atoms with van der Waals surface area (Å²) < 4.78 is 32.5. The van der Waals surface area contributed by atoms with Crippen LogP contribution in [0.1, 0.15) is 24.2 Å². The molecule has 24 heavy (non-hydrogen) atoms. The van der Waals surface area contributed by atoms with Crippen LogP contribution in [-0.4, -0.2) is 56.2 Å². The van der Waals surface area contributed by atoms with Gasteiger partial charge in [0.1, 0.15) is 0 Å². The summed E-state index contributed by atoms with van der Waals surface area (Å²) >= 11 is 9.28. The second kappa shape index (κ2) is 8.14. The van der Waals surface area contributed by atoms with Crippen molar-refractivity contribution < 1.29 is 17.9 Å². The molecule has 1 aromatic carbocycles. The highest BCUT2D eigenvalue weighted by atomic mass is 79.9. The standard InChI is InChI=1S/C15H20BrClN2O4S/c1-10-8-19(9-11(2)23-10)24(21,22)6-5-18-15(20)13-4-3-12(16)7-14(13)17/h3-4,7,10-11H,5-6,8-9H2,1-2H3,(H,18,20). The van der Waals surface area contributed by atoms with E-state index in [1.165, 1.54) is 4.31 Å². The maximum absolute atomic E-state index is 12.4. The lowest BCUT2D eigenvalue weighted by Gasteiger charge is -2.34. The monoisotopic (exact) mass is 438 g/mol. The molecule has 134 valence electrons. The summed E-state index contributed by atoms with van der Waals surface area (Å²) in [5, 5.41) is 2.91. The maximum Gasteiger partial charge on any atom is 0.252 e. The van der Waals surface area contributed by atoms with Gasteiger partial charge in [-0.25, -0.2) is 8.42 Å². The molecule has 0 radical (unpaired) electrons. The Morgan fingerprint density at radius 2 is 2.00 bits per heavy atom. The third-order valence-corrected chi connectivity index (χ3v) is 6.21. The van der Waals surface area contributed by atoms with Crippen LogP contribution in [0.15, 0.2) is 22.7 Å². The molecule has 1 saturated heterocycles. The Kier molecular flexibility index (Phi) is 6.66. The molecular weight excluding hydrogens is 420 g/mol. The van der Waals surface area contributed by atoms with Gasteiger partial charge in [-0.05, 0) is 32.0 Å². The van der Waals surface area contributed by atoms with Gasteiger partial charge in [-0.1, -0.05) is 27.5 Å². The molecule has 0 spiro atoms. The highest BCUT2D eigenvalue weighted by Crippen LogP contribution is 2.21. The van der Waals surface area contributed by atoms with Gasteiger partial charge in [0, 0.05) is 24.1 Å². The van der Waals surface area contributed by atoms with Crippen molar-refractivity contribution >= 4 is 43.5 Å². The first-order valence-corrected chi connectivity index (χ1v) is 10.3. The van der Waals surface area contributed by atoms with Crippen molar-refractivity contribution in [3.63, 3.8) is 0 Å². The minimum Gasteiger partial charge on any atom is -0.373 e. The Balaban J connectivity index is 1.91. The van der Waals surface area contributed by atoms with Crippen LogP contribution in [0.3, 0.4) is 0 Å². The number of carbonyl (C=O) groups is 1. The summed E-state index contributed by atoms with van der Waals surface area (Å²) in [7, 11) is -3.45. The summed E-state index contributed by atoms with van der Waals surface area (Å²) in [6.45, 7) is 4.37. The number of nitrogens with zero attached hydrogens (tertiary/aromatic N) is 1. The largest absolute Gasteiger partial charge is 0.373 e. The van der Waals surface area contributed by atoms with E-state index in [9.17, 15) is 13.2 Å². The van der Waals surface area contributed by atoms with Crippen molar-refractivity contribution in [2.24, 2.45) is 0 Å². The number of sulfonamides is 1. The fraction of sp³-hybridized carbons (Fsp3) is 0.533. The first kappa shape index (κ1) is 19.7. The Hall–Kier alpha value is -0.670. The van der Waals surface area contributed by atoms with Crippen molar-refractivity contribution in [3.8, 4) is 0 Å². The SMILES string of the molecule is CC1CN(S(=O)(=O)CCNC(=O)c2ccc(Br)cc2Cl)CC(C)O1. The molecule has 6 nitrogen and oxygen atoms in total. The normalized spacial score (nSPS) is 22.3. The number of ether oxygens (including phenoxy) is 1. The molecule has 1 aliphatic rings. The molecular formula is C15H20BrClN2O4S.